The molecule has 0 bridgehead atoms. The number of allylic oxidation sites excluding steroid dienone is 1. The second kappa shape index (κ2) is 8.23. The SMILES string of the molecule is CC1=CC(N2CCOCC2)N(Cc2ccc(F)cc2)C(C(C)C)=C1C(=O)O. The second-order valence-corrected chi connectivity index (χ2v) is 7.39. The van der Waals surface area contributed by atoms with Crippen LogP contribution in [0, 0.1) is 11.7 Å². The lowest BCUT2D eigenvalue weighted by atomic mass is 9.92. The summed E-state index contributed by atoms with van der Waals surface area (Å²) in [6, 6.07) is 6.41. The molecular formula is C21H27FN2O3. The van der Waals surface area contributed by atoms with Crippen molar-refractivity contribution < 1.29 is 19.0 Å². The van der Waals surface area contributed by atoms with Crippen molar-refractivity contribution in [2.24, 2.45) is 5.92 Å². The highest BCUT2D eigenvalue weighted by atomic mass is 19.1. The number of ether oxygens (including phenoxy) is 1. The molecule has 0 amide bonds. The summed E-state index contributed by atoms with van der Waals surface area (Å²) in [5.74, 6) is -1.13. The van der Waals surface area contributed by atoms with Gasteiger partial charge in [0.05, 0.1) is 18.8 Å². The molecule has 0 radical (unpaired) electrons. The van der Waals surface area contributed by atoms with Crippen LogP contribution in [0.25, 0.3) is 0 Å². The van der Waals surface area contributed by atoms with E-state index in [-0.39, 0.29) is 17.9 Å². The number of nitrogens with zero attached hydrogens (tertiary/aromatic N) is 2. The highest BCUT2D eigenvalue weighted by Crippen LogP contribution is 2.34. The van der Waals surface area contributed by atoms with Crippen LogP contribution in [0.5, 0.6) is 0 Å². The zero-order valence-corrected chi connectivity index (χ0v) is 16.1. The largest absolute Gasteiger partial charge is 0.478 e. The molecule has 6 heteroatoms. The Bertz CT molecular complexity index is 749. The summed E-state index contributed by atoms with van der Waals surface area (Å²) in [4.78, 5) is 16.5. The number of morpholine rings is 1. The molecule has 2 aliphatic rings. The Labute approximate surface area is 159 Å². The van der Waals surface area contributed by atoms with Crippen LogP contribution in [-0.2, 0) is 16.1 Å². The van der Waals surface area contributed by atoms with E-state index in [0.717, 1.165) is 29.9 Å². The summed E-state index contributed by atoms with van der Waals surface area (Å²) in [6.07, 6.45) is 1.99. The highest BCUT2D eigenvalue weighted by molar-refractivity contribution is 5.93. The van der Waals surface area contributed by atoms with Gasteiger partial charge in [0.25, 0.3) is 0 Å². The Kier molecular flexibility index (Phi) is 5.97. The Morgan fingerprint density at radius 3 is 2.44 bits per heavy atom. The lowest BCUT2D eigenvalue weighted by molar-refractivity contribution is -0.132. The Morgan fingerprint density at radius 2 is 1.89 bits per heavy atom. The van der Waals surface area contributed by atoms with Crippen molar-refractivity contribution in [2.75, 3.05) is 26.3 Å². The standard InChI is InChI=1S/C21H27FN2O3/c1-14(2)20-19(21(25)26)15(3)12-18(23-8-10-27-11-9-23)24(20)13-16-4-6-17(22)7-5-16/h4-7,12,14,18H,8-11,13H2,1-3H3,(H,25,26). The molecule has 0 saturated carbocycles. The molecule has 1 N–H and O–H groups in total. The van der Waals surface area contributed by atoms with Gasteiger partial charge in [-0.3, -0.25) is 4.90 Å². The lowest BCUT2D eigenvalue weighted by Gasteiger charge is -2.46. The summed E-state index contributed by atoms with van der Waals surface area (Å²) in [7, 11) is 0. The molecule has 0 aliphatic carbocycles. The first-order valence-electron chi connectivity index (χ1n) is 9.37. The third-order valence-corrected chi connectivity index (χ3v) is 5.13. The number of hydrogen-bond donors (Lipinski definition) is 1. The van der Waals surface area contributed by atoms with Crippen LogP contribution < -0.4 is 0 Å². The molecule has 2 heterocycles. The third kappa shape index (κ3) is 4.22. The fourth-order valence-electron chi connectivity index (χ4n) is 3.89. The van der Waals surface area contributed by atoms with Gasteiger partial charge in [-0.15, -0.1) is 0 Å². The number of benzene rings is 1. The average molecular weight is 374 g/mol. The van der Waals surface area contributed by atoms with Crippen LogP contribution in [0.2, 0.25) is 0 Å². The zero-order valence-electron chi connectivity index (χ0n) is 16.1. The maximum absolute atomic E-state index is 13.3. The molecule has 27 heavy (non-hydrogen) atoms. The molecule has 1 saturated heterocycles. The molecule has 0 spiro atoms. The van der Waals surface area contributed by atoms with Crippen molar-refractivity contribution in [3.05, 3.63) is 58.6 Å². The molecule has 1 aromatic rings. The molecule has 146 valence electrons. The molecule has 1 atom stereocenters. The van der Waals surface area contributed by atoms with Gasteiger partial charge in [0.2, 0.25) is 0 Å². The van der Waals surface area contributed by atoms with Crippen molar-refractivity contribution in [3.63, 3.8) is 0 Å². The summed E-state index contributed by atoms with van der Waals surface area (Å²) < 4.78 is 18.8. The molecule has 5 nitrogen and oxygen atoms in total. The average Bonchev–Trinajstić information content (AvgIpc) is 2.64. The topological polar surface area (TPSA) is 53.0 Å². The molecule has 2 aliphatic heterocycles. The predicted octanol–water partition coefficient (Wildman–Crippen LogP) is 3.24. The molecular weight excluding hydrogens is 347 g/mol. The minimum atomic E-state index is -0.906. The zero-order chi connectivity index (χ0) is 19.6. The normalized spacial score (nSPS) is 21.6. The summed E-state index contributed by atoms with van der Waals surface area (Å²) >= 11 is 0. The van der Waals surface area contributed by atoms with Crippen LogP contribution in [0.3, 0.4) is 0 Å². The fraction of sp³-hybridized carbons (Fsp3) is 0.476. The summed E-state index contributed by atoms with van der Waals surface area (Å²) in [5.41, 5.74) is 2.93. The first kappa shape index (κ1) is 19.6. The van der Waals surface area contributed by atoms with E-state index in [0.29, 0.717) is 25.3 Å². The van der Waals surface area contributed by atoms with Gasteiger partial charge in [0.15, 0.2) is 0 Å². The number of aliphatic carboxylic acids is 1. The van der Waals surface area contributed by atoms with E-state index in [4.69, 9.17) is 4.74 Å². The van der Waals surface area contributed by atoms with Gasteiger partial charge in [-0.1, -0.05) is 26.0 Å². The van der Waals surface area contributed by atoms with Gasteiger partial charge < -0.3 is 14.7 Å². The quantitative estimate of drug-likeness (QED) is 0.858. The minimum Gasteiger partial charge on any atom is -0.478 e. The van der Waals surface area contributed by atoms with Crippen LogP contribution >= 0.6 is 0 Å². The minimum absolute atomic E-state index is 0.0422. The lowest BCUT2D eigenvalue weighted by Crippen LogP contribution is -2.53. The van der Waals surface area contributed by atoms with E-state index in [1.54, 1.807) is 12.1 Å². The van der Waals surface area contributed by atoms with E-state index in [9.17, 15) is 14.3 Å². The van der Waals surface area contributed by atoms with Gasteiger partial charge in [-0.05, 0) is 42.2 Å². The molecule has 1 unspecified atom stereocenters. The van der Waals surface area contributed by atoms with Crippen LogP contribution in [0.1, 0.15) is 26.3 Å². The maximum atomic E-state index is 13.3. The van der Waals surface area contributed by atoms with Crippen molar-refractivity contribution in [2.45, 2.75) is 33.5 Å². The highest BCUT2D eigenvalue weighted by Gasteiger charge is 2.35. The van der Waals surface area contributed by atoms with Crippen molar-refractivity contribution in [3.8, 4) is 0 Å². The predicted molar refractivity (Wildman–Crippen MR) is 101 cm³/mol. The van der Waals surface area contributed by atoms with E-state index in [1.165, 1.54) is 12.1 Å². The number of halogens is 1. The first-order valence-corrected chi connectivity index (χ1v) is 9.37. The van der Waals surface area contributed by atoms with Crippen molar-refractivity contribution >= 4 is 5.97 Å². The third-order valence-electron chi connectivity index (χ3n) is 5.13. The van der Waals surface area contributed by atoms with Gasteiger partial charge in [-0.2, -0.15) is 0 Å². The van der Waals surface area contributed by atoms with Crippen molar-refractivity contribution in [1.82, 2.24) is 9.80 Å². The molecule has 1 aromatic carbocycles. The van der Waals surface area contributed by atoms with Gasteiger partial charge in [-0.25, -0.2) is 9.18 Å². The number of carbonyl (C=O) groups is 1. The smallest absolute Gasteiger partial charge is 0.337 e. The fourth-order valence-corrected chi connectivity index (χ4v) is 3.89. The summed E-state index contributed by atoms with van der Waals surface area (Å²) in [5, 5.41) is 9.84. The number of carboxylic acid groups (broad SMARTS) is 1. The van der Waals surface area contributed by atoms with E-state index in [1.807, 2.05) is 26.8 Å². The Balaban J connectivity index is 2.03. The van der Waals surface area contributed by atoms with E-state index in [2.05, 4.69) is 9.80 Å². The maximum Gasteiger partial charge on any atom is 0.337 e. The van der Waals surface area contributed by atoms with Gasteiger partial charge >= 0.3 is 5.97 Å². The monoisotopic (exact) mass is 374 g/mol. The van der Waals surface area contributed by atoms with Gasteiger partial charge in [0.1, 0.15) is 12.0 Å². The first-order chi connectivity index (χ1) is 12.9. The van der Waals surface area contributed by atoms with E-state index < -0.39 is 5.97 Å². The number of rotatable bonds is 5. The summed E-state index contributed by atoms with van der Waals surface area (Å²) in [6.45, 7) is 9.35. The molecule has 0 aromatic heterocycles. The molecule has 3 rings (SSSR count). The van der Waals surface area contributed by atoms with Crippen LogP contribution in [-0.4, -0.2) is 53.3 Å². The Morgan fingerprint density at radius 1 is 1.26 bits per heavy atom. The van der Waals surface area contributed by atoms with Crippen LogP contribution in [0.4, 0.5) is 4.39 Å². The molecule has 1 fully saturated rings. The van der Waals surface area contributed by atoms with Crippen molar-refractivity contribution in [1.29, 1.82) is 0 Å². The van der Waals surface area contributed by atoms with Crippen LogP contribution in [0.15, 0.2) is 47.2 Å². The van der Waals surface area contributed by atoms with Gasteiger partial charge in [0, 0.05) is 25.3 Å². The second-order valence-electron chi connectivity index (χ2n) is 7.39. The Hall–Kier alpha value is -2.18. The number of carboxylic acids is 1. The van der Waals surface area contributed by atoms with E-state index >= 15 is 0 Å². The number of hydrogen-bond acceptors (Lipinski definition) is 4.